The molecule has 4 saturated carbocycles. The van der Waals surface area contributed by atoms with Crippen LogP contribution in [0.1, 0.15) is 55.2 Å². The molecule has 0 saturated heterocycles. The fourth-order valence-corrected chi connectivity index (χ4v) is 6.56. The Morgan fingerprint density at radius 3 is 2.10 bits per heavy atom. The standard InChI is InChI=1S/C25H29NO2.2ClH.Zr/c1-16-7-20(15-26-21-3-5-22(28-2)6-4-21)24(27)23(8-16)25-12-17-9-18(13-25)11-19(10-17)14-25;;;/h3-8,15,17-19,27H,9-14H2,1-2H3;2*1H;/q;;;+2/p-2. The predicted molar refractivity (Wildman–Crippen MR) is 125 cm³/mol. The summed E-state index contributed by atoms with van der Waals surface area (Å²) in [6.07, 6.45) is 9.82. The second kappa shape index (κ2) is 9.98. The van der Waals surface area contributed by atoms with E-state index < -0.39 is 20.8 Å². The molecule has 0 spiro atoms. The summed E-state index contributed by atoms with van der Waals surface area (Å²) in [6.45, 7) is 2.13. The number of aliphatic imine (C=N–C) groups is 1. The first kappa shape index (κ1) is 23.3. The molecule has 6 rings (SSSR count). The minimum atomic E-state index is -0.826. The van der Waals surface area contributed by atoms with Crippen molar-refractivity contribution in [2.24, 2.45) is 22.7 Å². The molecule has 4 aliphatic rings. The second-order valence-corrected chi connectivity index (χ2v) is 13.2. The van der Waals surface area contributed by atoms with Gasteiger partial charge in [0.15, 0.2) is 0 Å². The number of phenolic OH excluding ortho intramolecular Hbond substituents is 1. The van der Waals surface area contributed by atoms with Crippen LogP contribution in [0.5, 0.6) is 11.5 Å². The fourth-order valence-electron chi connectivity index (χ4n) is 6.56. The van der Waals surface area contributed by atoms with Crippen molar-refractivity contribution < 1.29 is 30.7 Å². The average molecular weight is 538 g/mol. The Kier molecular flexibility index (Phi) is 7.51. The molecule has 0 amide bonds. The number of ether oxygens (including phenoxy) is 1. The Labute approximate surface area is 203 Å². The molecular weight excluding hydrogens is 508 g/mol. The van der Waals surface area contributed by atoms with E-state index in [2.05, 4.69) is 18.0 Å². The first-order valence-electron chi connectivity index (χ1n) is 10.9. The summed E-state index contributed by atoms with van der Waals surface area (Å²) < 4.78 is 5.21. The van der Waals surface area contributed by atoms with Gasteiger partial charge in [0.2, 0.25) is 0 Å². The zero-order chi connectivity index (χ0) is 22.0. The molecule has 164 valence electrons. The van der Waals surface area contributed by atoms with E-state index in [4.69, 9.17) is 21.8 Å². The van der Waals surface area contributed by atoms with Crippen molar-refractivity contribution in [1.82, 2.24) is 0 Å². The van der Waals surface area contributed by atoms with Gasteiger partial charge in [-0.2, -0.15) is 0 Å². The normalized spacial score (nSPS) is 28.3. The Bertz CT molecular complexity index is 910. The van der Waals surface area contributed by atoms with Crippen LogP contribution in [0, 0.1) is 24.7 Å². The van der Waals surface area contributed by atoms with E-state index in [0.717, 1.165) is 34.8 Å². The number of benzene rings is 2. The summed E-state index contributed by atoms with van der Waals surface area (Å²) in [5, 5.41) is 11.2. The molecule has 2 aromatic rings. The van der Waals surface area contributed by atoms with Gasteiger partial charge in [0.25, 0.3) is 0 Å². The molecule has 0 aliphatic heterocycles. The molecule has 1 N–H and O–H groups in total. The SMILES string of the molecule is COc1ccc(N=Cc2cc(C)cc(C34CC5CC(CC(C5)C3)C4)c2O)cc1.[Cl][Zr][Cl]. The summed E-state index contributed by atoms with van der Waals surface area (Å²) in [7, 11) is 11.5. The topological polar surface area (TPSA) is 41.8 Å². The molecular formula is C25H29Cl2NO2Zr. The predicted octanol–water partition coefficient (Wildman–Crippen LogP) is 7.30. The molecule has 31 heavy (non-hydrogen) atoms. The van der Waals surface area contributed by atoms with Gasteiger partial charge in [-0.05, 0) is 105 Å². The monoisotopic (exact) mass is 535 g/mol. The summed E-state index contributed by atoms with van der Waals surface area (Å²) in [4.78, 5) is 4.60. The van der Waals surface area contributed by atoms with Crippen LogP contribution in [0.2, 0.25) is 0 Å². The molecule has 4 bridgehead atoms. The van der Waals surface area contributed by atoms with E-state index in [-0.39, 0.29) is 5.41 Å². The first-order chi connectivity index (χ1) is 15.0. The molecule has 4 aliphatic carbocycles. The number of phenols is 1. The van der Waals surface area contributed by atoms with E-state index in [9.17, 15) is 5.11 Å². The van der Waals surface area contributed by atoms with Crippen LogP contribution < -0.4 is 4.74 Å². The molecule has 0 atom stereocenters. The number of aromatic hydroxyl groups is 1. The Morgan fingerprint density at radius 2 is 1.58 bits per heavy atom. The maximum absolute atomic E-state index is 11.2. The van der Waals surface area contributed by atoms with Gasteiger partial charge in [-0.25, -0.2) is 0 Å². The zero-order valence-electron chi connectivity index (χ0n) is 18.1. The third kappa shape index (κ3) is 5.07. The van der Waals surface area contributed by atoms with Crippen LogP contribution in [0.25, 0.3) is 0 Å². The molecule has 2 aromatic carbocycles. The minimum absolute atomic E-state index is 0.188. The van der Waals surface area contributed by atoms with Crippen molar-refractivity contribution in [2.45, 2.75) is 50.9 Å². The number of halogens is 2. The number of nitrogens with zero attached hydrogens (tertiary/aromatic N) is 1. The van der Waals surface area contributed by atoms with E-state index in [0.29, 0.717) is 5.75 Å². The van der Waals surface area contributed by atoms with E-state index in [1.165, 1.54) is 49.7 Å². The van der Waals surface area contributed by atoms with Crippen molar-refractivity contribution >= 4 is 28.9 Å². The van der Waals surface area contributed by atoms with Gasteiger partial charge in [0.05, 0.1) is 12.8 Å². The zero-order valence-corrected chi connectivity index (χ0v) is 22.0. The molecule has 0 heterocycles. The van der Waals surface area contributed by atoms with Crippen LogP contribution in [-0.2, 0) is 26.3 Å². The van der Waals surface area contributed by atoms with Crippen molar-refractivity contribution in [2.75, 3.05) is 7.11 Å². The van der Waals surface area contributed by atoms with Crippen molar-refractivity contribution in [3.8, 4) is 11.5 Å². The molecule has 4 fully saturated rings. The van der Waals surface area contributed by atoms with Crippen molar-refractivity contribution in [1.29, 1.82) is 0 Å². The van der Waals surface area contributed by atoms with Crippen molar-refractivity contribution in [3.05, 3.63) is 53.1 Å². The summed E-state index contributed by atoms with van der Waals surface area (Å²) >= 11 is -0.826. The Hall–Kier alpha value is -0.827. The molecule has 3 nitrogen and oxygen atoms in total. The fraction of sp³-hybridized carbons (Fsp3) is 0.480. The molecule has 0 radical (unpaired) electrons. The van der Waals surface area contributed by atoms with Gasteiger partial charge in [-0.3, -0.25) is 4.99 Å². The third-order valence-corrected chi connectivity index (χ3v) is 7.32. The number of aryl methyl sites for hydroxylation is 1. The van der Waals surface area contributed by atoms with Crippen LogP contribution in [0.15, 0.2) is 41.4 Å². The van der Waals surface area contributed by atoms with Gasteiger partial charge in [-0.1, -0.05) is 6.07 Å². The Balaban J connectivity index is 0.000000730. The first-order valence-corrected chi connectivity index (χ1v) is 17.3. The maximum atomic E-state index is 11.2. The van der Waals surface area contributed by atoms with Gasteiger partial charge in [0, 0.05) is 17.3 Å². The number of hydrogen-bond acceptors (Lipinski definition) is 3. The van der Waals surface area contributed by atoms with Gasteiger partial charge in [0.1, 0.15) is 11.5 Å². The van der Waals surface area contributed by atoms with Crippen LogP contribution >= 0.6 is 17.0 Å². The molecule has 0 unspecified atom stereocenters. The Morgan fingerprint density at radius 1 is 1.03 bits per heavy atom. The van der Waals surface area contributed by atoms with Crippen molar-refractivity contribution in [3.63, 3.8) is 0 Å². The average Bonchev–Trinajstić information content (AvgIpc) is 2.74. The molecule has 0 aromatic heterocycles. The summed E-state index contributed by atoms with van der Waals surface area (Å²) in [5.74, 6) is 3.86. The van der Waals surface area contributed by atoms with Crippen LogP contribution in [0.4, 0.5) is 5.69 Å². The van der Waals surface area contributed by atoms with Gasteiger partial charge < -0.3 is 9.84 Å². The van der Waals surface area contributed by atoms with Crippen LogP contribution in [-0.4, -0.2) is 18.4 Å². The van der Waals surface area contributed by atoms with E-state index in [1.54, 1.807) is 7.11 Å². The number of hydrogen-bond donors (Lipinski definition) is 1. The second-order valence-electron chi connectivity index (χ2n) is 9.48. The summed E-state index contributed by atoms with van der Waals surface area (Å²) in [5.41, 5.74) is 4.27. The summed E-state index contributed by atoms with van der Waals surface area (Å²) in [6, 6.07) is 12.0. The van der Waals surface area contributed by atoms with Crippen LogP contribution in [0.3, 0.4) is 0 Å². The number of rotatable bonds is 4. The third-order valence-electron chi connectivity index (χ3n) is 7.32. The van der Waals surface area contributed by atoms with E-state index >= 15 is 0 Å². The van der Waals surface area contributed by atoms with E-state index in [1.807, 2.05) is 36.5 Å². The van der Waals surface area contributed by atoms with Gasteiger partial charge in [-0.15, -0.1) is 0 Å². The number of methoxy groups -OCH3 is 1. The quantitative estimate of drug-likeness (QED) is 0.416. The van der Waals surface area contributed by atoms with Gasteiger partial charge >= 0.3 is 37.9 Å². The molecule has 6 heteroatoms.